The molecule has 0 aliphatic heterocycles. The predicted molar refractivity (Wildman–Crippen MR) is 59.4 cm³/mol. The highest BCUT2D eigenvalue weighted by Crippen LogP contribution is 2.29. The van der Waals surface area contributed by atoms with E-state index < -0.39 is 0 Å². The van der Waals surface area contributed by atoms with E-state index in [1.54, 1.807) is 6.07 Å². The van der Waals surface area contributed by atoms with Gasteiger partial charge >= 0.3 is 0 Å². The minimum atomic E-state index is -0.285. The molecule has 0 aliphatic carbocycles. The minimum Gasteiger partial charge on any atom is -0.443 e. The maximum absolute atomic E-state index is 13.8. The summed E-state index contributed by atoms with van der Waals surface area (Å²) in [4.78, 5) is 4.05. The van der Waals surface area contributed by atoms with Crippen molar-refractivity contribution in [2.45, 2.75) is 0 Å². The van der Waals surface area contributed by atoms with E-state index in [4.69, 9.17) is 4.42 Å². The van der Waals surface area contributed by atoms with Crippen LogP contribution in [0.5, 0.6) is 0 Å². The van der Waals surface area contributed by atoms with Crippen LogP contribution in [0.1, 0.15) is 0 Å². The van der Waals surface area contributed by atoms with E-state index in [2.05, 4.69) is 4.98 Å². The molecule has 0 amide bonds. The van der Waals surface area contributed by atoms with Crippen molar-refractivity contribution >= 4 is 11.1 Å². The molecule has 0 saturated carbocycles. The lowest BCUT2D eigenvalue weighted by Crippen LogP contribution is -1.85. The molecule has 0 bridgehead atoms. The zero-order chi connectivity index (χ0) is 11.0. The molecule has 0 aliphatic rings. The number of halogens is 1. The van der Waals surface area contributed by atoms with Gasteiger partial charge in [-0.3, -0.25) is 0 Å². The van der Waals surface area contributed by atoms with Crippen LogP contribution in [0.2, 0.25) is 0 Å². The molecule has 1 aromatic heterocycles. The highest BCUT2D eigenvalue weighted by molar-refractivity contribution is 5.90. The van der Waals surface area contributed by atoms with Crippen LogP contribution in [0.25, 0.3) is 22.2 Å². The summed E-state index contributed by atoms with van der Waals surface area (Å²) < 4.78 is 19.0. The van der Waals surface area contributed by atoms with Crippen LogP contribution < -0.4 is 0 Å². The molecule has 2 nitrogen and oxygen atoms in total. The number of aromatic nitrogens is 1. The quantitative estimate of drug-likeness (QED) is 0.616. The van der Waals surface area contributed by atoms with E-state index in [-0.39, 0.29) is 5.82 Å². The third-order valence-electron chi connectivity index (χ3n) is 2.51. The summed E-state index contributed by atoms with van der Waals surface area (Å²) in [7, 11) is 0. The van der Waals surface area contributed by atoms with Gasteiger partial charge in [0.25, 0.3) is 0 Å². The van der Waals surface area contributed by atoms with Gasteiger partial charge in [-0.15, -0.1) is 0 Å². The predicted octanol–water partition coefficient (Wildman–Crippen LogP) is 3.63. The second-order valence-electron chi connectivity index (χ2n) is 3.49. The molecule has 3 rings (SSSR count). The third-order valence-corrected chi connectivity index (χ3v) is 2.51. The number of hydrogen-bond donors (Lipinski definition) is 0. The van der Waals surface area contributed by atoms with Crippen molar-refractivity contribution in [1.29, 1.82) is 0 Å². The van der Waals surface area contributed by atoms with Crippen molar-refractivity contribution < 1.29 is 8.81 Å². The fourth-order valence-corrected chi connectivity index (χ4v) is 1.79. The van der Waals surface area contributed by atoms with Crippen LogP contribution in [-0.4, -0.2) is 4.98 Å². The molecule has 3 aromatic rings. The number of nitrogens with zero attached hydrogens (tertiary/aromatic N) is 1. The first-order chi connectivity index (χ1) is 7.86. The number of hydrogen-bond acceptors (Lipinski definition) is 2. The summed E-state index contributed by atoms with van der Waals surface area (Å²) in [6.45, 7) is 0. The second-order valence-corrected chi connectivity index (χ2v) is 3.49. The second kappa shape index (κ2) is 3.45. The zero-order valence-corrected chi connectivity index (χ0v) is 8.35. The first kappa shape index (κ1) is 9.09. The van der Waals surface area contributed by atoms with Crippen molar-refractivity contribution in [3.05, 3.63) is 54.7 Å². The Hall–Kier alpha value is -2.16. The Morgan fingerprint density at radius 3 is 2.62 bits per heavy atom. The highest BCUT2D eigenvalue weighted by atomic mass is 19.1. The van der Waals surface area contributed by atoms with E-state index in [0.717, 1.165) is 5.56 Å². The molecule has 0 radical (unpaired) electrons. The fourth-order valence-electron chi connectivity index (χ4n) is 1.79. The summed E-state index contributed by atoms with van der Waals surface area (Å²) in [5.41, 5.74) is 2.46. The molecule has 0 atom stereocenters. The lowest BCUT2D eigenvalue weighted by molar-refractivity contribution is 0.600. The molecule has 16 heavy (non-hydrogen) atoms. The Morgan fingerprint density at radius 2 is 1.81 bits per heavy atom. The maximum atomic E-state index is 13.8. The Balaban J connectivity index is 2.38. The number of fused-ring (bicyclic) bond motifs is 1. The van der Waals surface area contributed by atoms with Crippen LogP contribution in [-0.2, 0) is 0 Å². The summed E-state index contributed by atoms with van der Waals surface area (Å²) in [6.07, 6.45) is 1.33. The monoisotopic (exact) mass is 213 g/mol. The fraction of sp³-hybridized carbons (Fsp3) is 0. The van der Waals surface area contributed by atoms with Gasteiger partial charge < -0.3 is 4.42 Å². The highest BCUT2D eigenvalue weighted by Gasteiger charge is 2.12. The molecule has 3 heteroatoms. The number of benzene rings is 2. The van der Waals surface area contributed by atoms with E-state index in [1.165, 1.54) is 12.5 Å². The first-order valence-corrected chi connectivity index (χ1v) is 4.93. The van der Waals surface area contributed by atoms with Gasteiger partial charge in [0.1, 0.15) is 11.3 Å². The Labute approximate surface area is 91.3 Å². The molecule has 78 valence electrons. The Morgan fingerprint density at radius 1 is 1.00 bits per heavy atom. The third kappa shape index (κ3) is 1.29. The zero-order valence-electron chi connectivity index (χ0n) is 8.35. The van der Waals surface area contributed by atoms with E-state index in [9.17, 15) is 4.39 Å². The topological polar surface area (TPSA) is 26.0 Å². The summed E-state index contributed by atoms with van der Waals surface area (Å²) in [5, 5.41) is 0. The van der Waals surface area contributed by atoms with Crippen molar-refractivity contribution in [3.8, 4) is 11.1 Å². The molecule has 0 N–H and O–H groups in total. The summed E-state index contributed by atoms with van der Waals surface area (Å²) >= 11 is 0. The van der Waals surface area contributed by atoms with Crippen molar-refractivity contribution in [3.63, 3.8) is 0 Å². The van der Waals surface area contributed by atoms with Gasteiger partial charge in [0.2, 0.25) is 0 Å². The lowest BCUT2D eigenvalue weighted by atomic mass is 10.0. The normalized spacial score (nSPS) is 10.8. The van der Waals surface area contributed by atoms with E-state index in [1.807, 2.05) is 30.3 Å². The molecule has 1 heterocycles. The number of oxazole rings is 1. The molecule has 0 saturated heterocycles. The van der Waals surface area contributed by atoms with Crippen LogP contribution in [0.4, 0.5) is 4.39 Å². The first-order valence-electron chi connectivity index (χ1n) is 4.93. The Bertz CT molecular complexity index is 631. The van der Waals surface area contributed by atoms with Gasteiger partial charge in [-0.1, -0.05) is 30.3 Å². The molecule has 0 spiro atoms. The lowest BCUT2D eigenvalue weighted by Gasteiger charge is -2.03. The van der Waals surface area contributed by atoms with Gasteiger partial charge in [0, 0.05) is 5.56 Å². The van der Waals surface area contributed by atoms with Gasteiger partial charge in [-0.25, -0.2) is 9.37 Å². The van der Waals surface area contributed by atoms with E-state index in [0.29, 0.717) is 16.7 Å². The van der Waals surface area contributed by atoms with Crippen molar-refractivity contribution in [2.24, 2.45) is 0 Å². The standard InChI is InChI=1S/C13H8FNO/c14-10-6-7-11-13(15-8-16-11)12(10)9-4-2-1-3-5-9/h1-8H. The molecule has 0 fully saturated rings. The van der Waals surface area contributed by atoms with Crippen LogP contribution in [0, 0.1) is 5.82 Å². The maximum Gasteiger partial charge on any atom is 0.182 e. The van der Waals surface area contributed by atoms with Gasteiger partial charge in [-0.2, -0.15) is 0 Å². The number of rotatable bonds is 1. The van der Waals surface area contributed by atoms with Crippen LogP contribution in [0.3, 0.4) is 0 Å². The van der Waals surface area contributed by atoms with Crippen LogP contribution >= 0.6 is 0 Å². The van der Waals surface area contributed by atoms with Crippen LogP contribution in [0.15, 0.2) is 53.3 Å². The largest absolute Gasteiger partial charge is 0.443 e. The van der Waals surface area contributed by atoms with Crippen molar-refractivity contribution in [2.75, 3.05) is 0 Å². The molecular weight excluding hydrogens is 205 g/mol. The summed E-state index contributed by atoms with van der Waals surface area (Å²) in [5.74, 6) is -0.285. The minimum absolute atomic E-state index is 0.285. The van der Waals surface area contributed by atoms with Gasteiger partial charge in [-0.05, 0) is 17.7 Å². The molecule has 0 unspecified atom stereocenters. The molecule has 2 aromatic carbocycles. The van der Waals surface area contributed by atoms with E-state index >= 15 is 0 Å². The Kier molecular flexibility index (Phi) is 1.96. The SMILES string of the molecule is Fc1ccc2ocnc2c1-c1ccccc1. The average Bonchev–Trinajstić information content (AvgIpc) is 2.78. The summed E-state index contributed by atoms with van der Waals surface area (Å²) in [6, 6.07) is 12.3. The van der Waals surface area contributed by atoms with Gasteiger partial charge in [0.05, 0.1) is 0 Å². The smallest absolute Gasteiger partial charge is 0.182 e. The van der Waals surface area contributed by atoms with Crippen molar-refractivity contribution in [1.82, 2.24) is 4.98 Å². The average molecular weight is 213 g/mol. The van der Waals surface area contributed by atoms with Gasteiger partial charge in [0.15, 0.2) is 12.0 Å². The molecular formula is C13H8FNO.